The summed E-state index contributed by atoms with van der Waals surface area (Å²) < 4.78 is 0. The molecule has 0 radical (unpaired) electrons. The number of anilines is 1. The Morgan fingerprint density at radius 3 is 2.60 bits per heavy atom. The number of hydrogen-bond donors (Lipinski definition) is 1. The molecule has 7 heteroatoms. The molecule has 0 spiro atoms. The minimum Gasteiger partial charge on any atom is -0.325 e. The Hall–Kier alpha value is -2.93. The Bertz CT molecular complexity index is 1020. The molecule has 30 heavy (non-hydrogen) atoms. The van der Waals surface area contributed by atoms with Crippen LogP contribution in [0, 0.1) is 0 Å². The van der Waals surface area contributed by atoms with Gasteiger partial charge in [0.25, 0.3) is 5.91 Å². The number of benzene rings is 2. The van der Waals surface area contributed by atoms with Gasteiger partial charge in [0.2, 0.25) is 5.91 Å². The fourth-order valence-corrected chi connectivity index (χ4v) is 4.56. The highest BCUT2D eigenvalue weighted by molar-refractivity contribution is 8.15. The summed E-state index contributed by atoms with van der Waals surface area (Å²) in [6.07, 6.45) is 2.18. The summed E-state index contributed by atoms with van der Waals surface area (Å²) in [5.74, 6) is 0.473. The molecule has 2 aromatic rings. The normalized spacial score (nSPS) is 18.3. The lowest BCUT2D eigenvalue weighted by Crippen LogP contribution is -2.42. The van der Waals surface area contributed by atoms with Gasteiger partial charge in [0.05, 0.1) is 10.9 Å². The Morgan fingerprint density at radius 1 is 1.13 bits per heavy atom. The van der Waals surface area contributed by atoms with Crippen molar-refractivity contribution in [1.82, 2.24) is 4.90 Å². The third-order valence-electron chi connectivity index (χ3n) is 5.06. The minimum absolute atomic E-state index is 0.0640. The predicted molar refractivity (Wildman–Crippen MR) is 122 cm³/mol. The lowest BCUT2D eigenvalue weighted by molar-refractivity contribution is -0.124. The van der Waals surface area contributed by atoms with Crippen LogP contribution in [0.3, 0.4) is 0 Å². The highest BCUT2D eigenvalue weighted by Crippen LogP contribution is 2.35. The van der Waals surface area contributed by atoms with Gasteiger partial charge in [-0.1, -0.05) is 62.4 Å². The van der Waals surface area contributed by atoms with E-state index in [0.29, 0.717) is 23.8 Å². The summed E-state index contributed by atoms with van der Waals surface area (Å²) in [5.41, 5.74) is 2.38. The summed E-state index contributed by atoms with van der Waals surface area (Å²) in [6.45, 7) is 4.00. The number of hydrogen-bond acceptors (Lipinski definition) is 5. The van der Waals surface area contributed by atoms with E-state index in [2.05, 4.69) is 5.32 Å². The largest absolute Gasteiger partial charge is 0.325 e. The Morgan fingerprint density at radius 2 is 1.87 bits per heavy atom. The second-order valence-electron chi connectivity index (χ2n) is 7.21. The lowest BCUT2D eigenvalue weighted by atomic mass is 10.1. The van der Waals surface area contributed by atoms with Crippen LogP contribution < -0.4 is 5.32 Å². The van der Waals surface area contributed by atoms with E-state index in [1.807, 2.05) is 68.4 Å². The molecule has 4 rings (SSSR count). The first-order valence-electron chi connectivity index (χ1n) is 10.2. The number of fused-ring (bicyclic) bond motifs is 3. The van der Waals surface area contributed by atoms with Crippen LogP contribution in [0.5, 0.6) is 0 Å². The Balaban J connectivity index is 1.62. The van der Waals surface area contributed by atoms with Crippen molar-refractivity contribution in [3.8, 4) is 0 Å². The Labute approximate surface area is 180 Å². The zero-order valence-electron chi connectivity index (χ0n) is 17.0. The van der Waals surface area contributed by atoms with Crippen molar-refractivity contribution in [3.05, 3.63) is 60.2 Å². The number of nitrogens with zero attached hydrogens (tertiary/aromatic N) is 3. The van der Waals surface area contributed by atoms with Crippen LogP contribution in [0.15, 0.2) is 64.6 Å². The van der Waals surface area contributed by atoms with Crippen molar-refractivity contribution < 1.29 is 9.59 Å². The lowest BCUT2D eigenvalue weighted by Gasteiger charge is -2.27. The van der Waals surface area contributed by atoms with E-state index in [-0.39, 0.29) is 23.1 Å². The third-order valence-corrected chi connectivity index (χ3v) is 6.38. The maximum Gasteiger partial charge on any atom is 0.259 e. The summed E-state index contributed by atoms with van der Waals surface area (Å²) >= 11 is 1.32. The third kappa shape index (κ3) is 3.89. The molecule has 0 fully saturated rings. The van der Waals surface area contributed by atoms with E-state index in [9.17, 15) is 9.59 Å². The predicted octanol–water partition coefficient (Wildman–Crippen LogP) is 4.60. The first-order valence-corrected chi connectivity index (χ1v) is 11.1. The van der Waals surface area contributed by atoms with Crippen LogP contribution in [0.2, 0.25) is 0 Å². The fourth-order valence-electron chi connectivity index (χ4n) is 3.54. The molecule has 2 atom stereocenters. The quantitative estimate of drug-likeness (QED) is 0.742. The van der Waals surface area contributed by atoms with Crippen LogP contribution in [-0.2, 0) is 9.59 Å². The van der Waals surface area contributed by atoms with Gasteiger partial charge in [-0.15, -0.1) is 0 Å². The van der Waals surface area contributed by atoms with Crippen molar-refractivity contribution in [2.45, 2.75) is 44.4 Å². The average molecular weight is 421 g/mol. The number of rotatable bonds is 6. The van der Waals surface area contributed by atoms with Crippen molar-refractivity contribution >= 4 is 46.0 Å². The van der Waals surface area contributed by atoms with Crippen molar-refractivity contribution in [2.75, 3.05) is 5.32 Å². The summed E-state index contributed by atoms with van der Waals surface area (Å²) in [6, 6.07) is 16.7. The minimum atomic E-state index is -0.389. The molecule has 2 heterocycles. The topological polar surface area (TPSA) is 74.1 Å². The second kappa shape index (κ2) is 8.83. The first kappa shape index (κ1) is 20.3. The Kier molecular flexibility index (Phi) is 5.99. The number of carbonyl (C=O) groups is 2. The van der Waals surface area contributed by atoms with Crippen molar-refractivity contribution in [2.24, 2.45) is 9.98 Å². The highest BCUT2D eigenvalue weighted by Gasteiger charge is 2.41. The van der Waals surface area contributed by atoms with Gasteiger partial charge >= 0.3 is 0 Å². The number of amidine groups is 2. The SMILES string of the molecule is CCC[C@@H]1N=C2c3ccccc3N=C(S[C@H](CC)C(=O)Nc3ccccc3)N2C1=O. The molecule has 0 saturated carbocycles. The number of para-hydroxylation sites is 2. The fraction of sp³-hybridized carbons (Fsp3) is 0.304. The smallest absolute Gasteiger partial charge is 0.259 e. The first-order chi connectivity index (χ1) is 14.6. The van der Waals surface area contributed by atoms with Crippen LogP contribution in [0.1, 0.15) is 38.7 Å². The van der Waals surface area contributed by atoms with E-state index in [1.54, 1.807) is 4.90 Å². The zero-order chi connectivity index (χ0) is 21.1. The maximum absolute atomic E-state index is 13.1. The number of nitrogens with one attached hydrogen (secondary N) is 1. The van der Waals surface area contributed by atoms with Crippen LogP contribution in [-0.4, -0.2) is 39.0 Å². The number of amides is 2. The summed E-state index contributed by atoms with van der Waals surface area (Å²) in [7, 11) is 0. The van der Waals surface area contributed by atoms with Gasteiger partial charge in [0.15, 0.2) is 5.17 Å². The van der Waals surface area contributed by atoms with Crippen LogP contribution in [0.25, 0.3) is 0 Å². The van der Waals surface area contributed by atoms with Crippen molar-refractivity contribution in [1.29, 1.82) is 0 Å². The molecule has 0 aromatic heterocycles. The molecule has 0 saturated heterocycles. The van der Waals surface area contributed by atoms with E-state index in [4.69, 9.17) is 9.98 Å². The molecule has 0 bridgehead atoms. The molecule has 154 valence electrons. The van der Waals surface area contributed by atoms with Gasteiger partial charge in [-0.25, -0.2) is 9.89 Å². The monoisotopic (exact) mass is 420 g/mol. The summed E-state index contributed by atoms with van der Waals surface area (Å²) in [4.78, 5) is 37.0. The number of thioether (sulfide) groups is 1. The van der Waals surface area contributed by atoms with Crippen LogP contribution >= 0.6 is 11.8 Å². The van der Waals surface area contributed by atoms with Gasteiger partial charge in [-0.2, -0.15) is 0 Å². The van der Waals surface area contributed by atoms with Gasteiger partial charge in [-0.3, -0.25) is 14.6 Å². The highest BCUT2D eigenvalue weighted by atomic mass is 32.2. The molecule has 0 unspecified atom stereocenters. The molecular weight excluding hydrogens is 396 g/mol. The molecule has 6 nitrogen and oxygen atoms in total. The molecular formula is C23H24N4O2S. The van der Waals surface area contributed by atoms with Gasteiger partial charge in [0, 0.05) is 11.3 Å². The van der Waals surface area contributed by atoms with E-state index in [0.717, 1.165) is 23.4 Å². The molecule has 2 aliphatic heterocycles. The number of carbonyl (C=O) groups excluding carboxylic acids is 2. The maximum atomic E-state index is 13.1. The average Bonchev–Trinajstić information content (AvgIpc) is 3.09. The number of aliphatic imine (C=N–C) groups is 2. The molecule has 2 aromatic carbocycles. The van der Waals surface area contributed by atoms with E-state index in [1.165, 1.54) is 11.8 Å². The zero-order valence-corrected chi connectivity index (χ0v) is 17.9. The standard InChI is InChI=1S/C23H24N4O2S/c1-3-10-18-22(29)27-20(25-18)16-13-8-9-14-17(16)26-23(27)30-19(4-2)21(28)24-15-11-6-5-7-12-15/h5-9,11-14,18-19H,3-4,10H2,1-2H3,(H,24,28)/t18-,19+/m0/s1. The second-order valence-corrected chi connectivity index (χ2v) is 8.38. The van der Waals surface area contributed by atoms with E-state index < -0.39 is 0 Å². The summed E-state index contributed by atoms with van der Waals surface area (Å²) in [5, 5.41) is 3.09. The van der Waals surface area contributed by atoms with Crippen molar-refractivity contribution in [3.63, 3.8) is 0 Å². The molecule has 2 amide bonds. The van der Waals surface area contributed by atoms with Gasteiger partial charge < -0.3 is 5.32 Å². The molecule has 2 aliphatic rings. The van der Waals surface area contributed by atoms with Gasteiger partial charge in [-0.05, 0) is 37.1 Å². The molecule has 0 aliphatic carbocycles. The van der Waals surface area contributed by atoms with E-state index >= 15 is 0 Å². The van der Waals surface area contributed by atoms with Crippen LogP contribution in [0.4, 0.5) is 11.4 Å². The van der Waals surface area contributed by atoms with Gasteiger partial charge in [0.1, 0.15) is 11.9 Å². The molecule has 1 N–H and O–H groups in total.